The molecule has 0 unspecified atom stereocenters. The van der Waals surface area contributed by atoms with E-state index in [0.29, 0.717) is 0 Å². The lowest BCUT2D eigenvalue weighted by molar-refractivity contribution is 1.01. The highest BCUT2D eigenvalue weighted by Gasteiger charge is 2.04. The van der Waals surface area contributed by atoms with Crippen LogP contribution in [0.25, 0.3) is 10.8 Å². The number of anilines is 1. The number of hydrogen-bond donors (Lipinski definition) is 1. The molecule has 0 aromatic heterocycles. The van der Waals surface area contributed by atoms with Crippen molar-refractivity contribution in [3.63, 3.8) is 0 Å². The maximum atomic E-state index is 3.65. The quantitative estimate of drug-likeness (QED) is 0.666. The van der Waals surface area contributed by atoms with Crippen molar-refractivity contribution in [3.05, 3.63) is 77.4 Å². The first-order valence-electron chi connectivity index (χ1n) is 8.08. The van der Waals surface area contributed by atoms with Crippen LogP contribution in [0.3, 0.4) is 0 Å². The fourth-order valence-electron chi connectivity index (χ4n) is 3.11. The van der Waals surface area contributed by atoms with Gasteiger partial charge in [-0.05, 0) is 47.2 Å². The van der Waals surface area contributed by atoms with Gasteiger partial charge in [-0.2, -0.15) is 0 Å². The van der Waals surface area contributed by atoms with E-state index >= 15 is 0 Å². The molecule has 22 heavy (non-hydrogen) atoms. The van der Waals surface area contributed by atoms with Crippen molar-refractivity contribution in [2.75, 3.05) is 11.9 Å². The van der Waals surface area contributed by atoms with Gasteiger partial charge in [-0.25, -0.2) is 0 Å². The second-order valence-electron chi connectivity index (χ2n) is 5.78. The summed E-state index contributed by atoms with van der Waals surface area (Å²) in [6.07, 6.45) is 2.11. The maximum Gasteiger partial charge on any atom is 0.0402 e. The fraction of sp³-hybridized carbons (Fsp3) is 0.238. The van der Waals surface area contributed by atoms with Crippen LogP contribution in [0.2, 0.25) is 0 Å². The number of aryl methyl sites for hydroxylation is 2. The van der Waals surface area contributed by atoms with E-state index in [1.165, 1.54) is 33.2 Å². The lowest BCUT2D eigenvalue weighted by atomic mass is 10.0. The fourth-order valence-corrected chi connectivity index (χ4v) is 3.11. The van der Waals surface area contributed by atoms with E-state index in [9.17, 15) is 0 Å². The first-order valence-corrected chi connectivity index (χ1v) is 8.08. The molecule has 0 saturated heterocycles. The zero-order valence-electron chi connectivity index (χ0n) is 13.4. The molecule has 0 aliphatic heterocycles. The summed E-state index contributed by atoms with van der Waals surface area (Å²) >= 11 is 0. The normalized spacial score (nSPS) is 10.8. The van der Waals surface area contributed by atoms with Gasteiger partial charge in [0.1, 0.15) is 0 Å². The van der Waals surface area contributed by atoms with Gasteiger partial charge in [0.15, 0.2) is 0 Å². The molecule has 0 saturated carbocycles. The SMILES string of the molecule is CCc1cccc(C)c1NCCc1cccc2ccccc12. The Hall–Kier alpha value is -2.28. The molecule has 0 radical (unpaired) electrons. The van der Waals surface area contributed by atoms with Crippen LogP contribution >= 0.6 is 0 Å². The molecule has 0 atom stereocenters. The topological polar surface area (TPSA) is 12.0 Å². The number of rotatable bonds is 5. The van der Waals surface area contributed by atoms with E-state index in [0.717, 1.165) is 19.4 Å². The van der Waals surface area contributed by atoms with Gasteiger partial charge in [0.25, 0.3) is 0 Å². The van der Waals surface area contributed by atoms with Crippen LogP contribution in [0.15, 0.2) is 60.7 Å². The lowest BCUT2D eigenvalue weighted by Gasteiger charge is -2.14. The molecule has 0 spiro atoms. The van der Waals surface area contributed by atoms with Crippen LogP contribution in [0.4, 0.5) is 5.69 Å². The molecule has 1 N–H and O–H groups in total. The molecule has 3 rings (SSSR count). The molecule has 0 heterocycles. The summed E-state index contributed by atoms with van der Waals surface area (Å²) in [6.45, 7) is 5.36. The number of benzene rings is 3. The molecule has 0 bridgehead atoms. The third-order valence-corrected chi connectivity index (χ3v) is 4.32. The molecule has 3 aromatic carbocycles. The standard InChI is InChI=1S/C21H23N/c1-3-17-10-6-8-16(2)21(17)22-15-14-19-12-7-11-18-9-4-5-13-20(18)19/h4-13,22H,3,14-15H2,1-2H3. The molecular formula is C21H23N. The molecule has 0 aliphatic rings. The van der Waals surface area contributed by atoms with Gasteiger partial charge in [-0.15, -0.1) is 0 Å². The molecule has 0 aliphatic carbocycles. The lowest BCUT2D eigenvalue weighted by Crippen LogP contribution is -2.08. The third kappa shape index (κ3) is 2.99. The smallest absolute Gasteiger partial charge is 0.0402 e. The van der Waals surface area contributed by atoms with E-state index in [4.69, 9.17) is 0 Å². The van der Waals surface area contributed by atoms with E-state index in [2.05, 4.69) is 79.8 Å². The average Bonchev–Trinajstić information content (AvgIpc) is 2.56. The summed E-state index contributed by atoms with van der Waals surface area (Å²) in [5.74, 6) is 0. The molecule has 3 aromatic rings. The summed E-state index contributed by atoms with van der Waals surface area (Å²) in [5.41, 5.74) is 5.46. The van der Waals surface area contributed by atoms with Crippen molar-refractivity contribution >= 4 is 16.5 Å². The van der Waals surface area contributed by atoms with Crippen LogP contribution in [0.1, 0.15) is 23.6 Å². The maximum absolute atomic E-state index is 3.65. The van der Waals surface area contributed by atoms with Crippen LogP contribution in [0.5, 0.6) is 0 Å². The summed E-state index contributed by atoms with van der Waals surface area (Å²) in [7, 11) is 0. The van der Waals surface area contributed by atoms with Crippen LogP contribution in [0, 0.1) is 6.92 Å². The Morgan fingerprint density at radius 2 is 1.55 bits per heavy atom. The number of para-hydroxylation sites is 1. The monoisotopic (exact) mass is 289 g/mol. The Morgan fingerprint density at radius 1 is 0.818 bits per heavy atom. The van der Waals surface area contributed by atoms with Gasteiger partial charge >= 0.3 is 0 Å². The number of nitrogens with one attached hydrogen (secondary N) is 1. The Labute approximate surface area is 133 Å². The van der Waals surface area contributed by atoms with Crippen LogP contribution < -0.4 is 5.32 Å². The largest absolute Gasteiger partial charge is 0.384 e. The number of hydrogen-bond acceptors (Lipinski definition) is 1. The Bertz CT molecular complexity index is 768. The summed E-state index contributed by atoms with van der Waals surface area (Å²) in [5, 5.41) is 6.34. The summed E-state index contributed by atoms with van der Waals surface area (Å²) in [6, 6.07) is 21.7. The first kappa shape index (κ1) is 14.6. The molecule has 0 fully saturated rings. The van der Waals surface area contributed by atoms with Gasteiger partial charge in [0.05, 0.1) is 0 Å². The van der Waals surface area contributed by atoms with E-state index < -0.39 is 0 Å². The molecular weight excluding hydrogens is 266 g/mol. The third-order valence-electron chi connectivity index (χ3n) is 4.32. The van der Waals surface area contributed by atoms with Crippen molar-refractivity contribution in [2.45, 2.75) is 26.7 Å². The van der Waals surface area contributed by atoms with E-state index in [1.54, 1.807) is 0 Å². The highest BCUT2D eigenvalue weighted by Crippen LogP contribution is 2.22. The van der Waals surface area contributed by atoms with Gasteiger partial charge in [0, 0.05) is 12.2 Å². The van der Waals surface area contributed by atoms with Gasteiger partial charge in [-0.1, -0.05) is 67.6 Å². The van der Waals surface area contributed by atoms with Crippen molar-refractivity contribution in [1.82, 2.24) is 0 Å². The zero-order valence-corrected chi connectivity index (χ0v) is 13.4. The van der Waals surface area contributed by atoms with Crippen molar-refractivity contribution in [1.29, 1.82) is 0 Å². The Balaban J connectivity index is 1.76. The molecule has 1 heteroatoms. The van der Waals surface area contributed by atoms with Crippen molar-refractivity contribution < 1.29 is 0 Å². The van der Waals surface area contributed by atoms with Crippen LogP contribution in [-0.2, 0) is 12.8 Å². The second kappa shape index (κ2) is 6.65. The van der Waals surface area contributed by atoms with Gasteiger partial charge in [0.2, 0.25) is 0 Å². The minimum atomic E-state index is 0.964. The zero-order chi connectivity index (χ0) is 15.4. The molecule has 1 nitrogen and oxygen atoms in total. The summed E-state index contributed by atoms with van der Waals surface area (Å²) < 4.78 is 0. The predicted octanol–water partition coefficient (Wildman–Crippen LogP) is 5.37. The highest BCUT2D eigenvalue weighted by atomic mass is 14.9. The minimum absolute atomic E-state index is 0.964. The average molecular weight is 289 g/mol. The molecule has 112 valence electrons. The van der Waals surface area contributed by atoms with Crippen molar-refractivity contribution in [3.8, 4) is 0 Å². The predicted molar refractivity (Wildman–Crippen MR) is 96.7 cm³/mol. The summed E-state index contributed by atoms with van der Waals surface area (Å²) in [4.78, 5) is 0. The number of fused-ring (bicyclic) bond motifs is 1. The highest BCUT2D eigenvalue weighted by molar-refractivity contribution is 5.85. The van der Waals surface area contributed by atoms with E-state index in [-0.39, 0.29) is 0 Å². The Morgan fingerprint density at radius 3 is 2.41 bits per heavy atom. The van der Waals surface area contributed by atoms with Crippen molar-refractivity contribution in [2.24, 2.45) is 0 Å². The van der Waals surface area contributed by atoms with Gasteiger partial charge in [-0.3, -0.25) is 0 Å². The first-order chi connectivity index (χ1) is 10.8. The van der Waals surface area contributed by atoms with E-state index in [1.807, 2.05) is 0 Å². The minimum Gasteiger partial charge on any atom is -0.384 e. The Kier molecular flexibility index (Phi) is 4.43. The van der Waals surface area contributed by atoms with Crippen LogP contribution in [-0.4, -0.2) is 6.54 Å². The second-order valence-corrected chi connectivity index (χ2v) is 5.78. The van der Waals surface area contributed by atoms with Gasteiger partial charge < -0.3 is 5.32 Å². The molecule has 0 amide bonds.